The highest BCUT2D eigenvalue weighted by molar-refractivity contribution is 5.95. The number of rotatable bonds is 5. The molecule has 1 atom stereocenters. The Balaban J connectivity index is 1.73. The molecule has 0 spiro atoms. The van der Waals surface area contributed by atoms with E-state index in [2.05, 4.69) is 20.6 Å². The first-order valence-corrected chi connectivity index (χ1v) is 8.56. The molecule has 3 rings (SSSR count). The van der Waals surface area contributed by atoms with E-state index in [1.165, 1.54) is 0 Å². The Kier molecular flexibility index (Phi) is 5.27. The molecular weight excluding hydrogens is 324 g/mol. The van der Waals surface area contributed by atoms with E-state index in [-0.39, 0.29) is 11.9 Å². The molecular formula is C21H22N4O. The Morgan fingerprint density at radius 2 is 1.62 bits per heavy atom. The van der Waals surface area contributed by atoms with Crippen molar-refractivity contribution in [2.75, 3.05) is 5.32 Å². The monoisotopic (exact) mass is 346 g/mol. The molecule has 0 saturated carbocycles. The highest BCUT2D eigenvalue weighted by Crippen LogP contribution is 2.17. The molecule has 1 heterocycles. The summed E-state index contributed by atoms with van der Waals surface area (Å²) in [5, 5.41) is 6.19. The summed E-state index contributed by atoms with van der Waals surface area (Å²) in [7, 11) is 0. The largest absolute Gasteiger partial charge is 0.346 e. The van der Waals surface area contributed by atoms with Crippen molar-refractivity contribution >= 4 is 17.5 Å². The maximum Gasteiger partial charge on any atom is 0.251 e. The number of carbonyl (C=O) groups is 1. The Morgan fingerprint density at radius 3 is 2.31 bits per heavy atom. The number of aromatic nitrogens is 2. The van der Waals surface area contributed by atoms with E-state index in [9.17, 15) is 4.79 Å². The Labute approximate surface area is 153 Å². The Morgan fingerprint density at radius 1 is 0.923 bits per heavy atom. The van der Waals surface area contributed by atoms with Gasteiger partial charge in [-0.3, -0.25) is 4.79 Å². The van der Waals surface area contributed by atoms with Crippen molar-refractivity contribution in [2.24, 2.45) is 0 Å². The molecule has 0 saturated heterocycles. The van der Waals surface area contributed by atoms with Crippen molar-refractivity contribution in [3.05, 3.63) is 83.2 Å². The zero-order valence-electron chi connectivity index (χ0n) is 15.2. The number of carbonyl (C=O) groups excluding carboxylic acids is 1. The molecule has 2 aromatic carbocycles. The Hall–Kier alpha value is -3.21. The van der Waals surface area contributed by atoms with Crippen LogP contribution in [0.2, 0.25) is 0 Å². The summed E-state index contributed by atoms with van der Waals surface area (Å²) in [5.74, 6) is 0.407. The van der Waals surface area contributed by atoms with Gasteiger partial charge in [0, 0.05) is 22.6 Å². The van der Waals surface area contributed by atoms with Gasteiger partial charge in [0.1, 0.15) is 0 Å². The predicted octanol–water partition coefficient (Wildman–Crippen LogP) is 4.33. The Bertz CT molecular complexity index is 889. The van der Waals surface area contributed by atoms with Gasteiger partial charge >= 0.3 is 0 Å². The summed E-state index contributed by atoms with van der Waals surface area (Å²) in [5.41, 5.74) is 4.21. The first-order chi connectivity index (χ1) is 12.5. The molecule has 0 aliphatic carbocycles. The van der Waals surface area contributed by atoms with E-state index in [0.29, 0.717) is 11.5 Å². The van der Waals surface area contributed by atoms with E-state index in [1.54, 1.807) is 12.1 Å². The smallest absolute Gasteiger partial charge is 0.251 e. The van der Waals surface area contributed by atoms with Crippen molar-refractivity contribution in [1.29, 1.82) is 0 Å². The number of hydrogen-bond acceptors (Lipinski definition) is 4. The maximum atomic E-state index is 12.6. The topological polar surface area (TPSA) is 66.9 Å². The van der Waals surface area contributed by atoms with Gasteiger partial charge in [0.25, 0.3) is 5.91 Å². The van der Waals surface area contributed by atoms with Gasteiger partial charge in [0.15, 0.2) is 0 Å². The summed E-state index contributed by atoms with van der Waals surface area (Å²) in [4.78, 5) is 21.3. The number of hydrogen-bond donors (Lipinski definition) is 2. The molecule has 26 heavy (non-hydrogen) atoms. The van der Waals surface area contributed by atoms with Gasteiger partial charge in [-0.2, -0.15) is 0 Å². The van der Waals surface area contributed by atoms with E-state index in [0.717, 1.165) is 22.6 Å². The molecule has 5 heteroatoms. The average Bonchev–Trinajstić information content (AvgIpc) is 2.61. The third kappa shape index (κ3) is 4.45. The SMILES string of the molecule is Cc1cc(C)nc(Nc2cccc(C(=O)N[C@H](C)c3ccccc3)c2)n1. The number of benzene rings is 2. The fourth-order valence-electron chi connectivity index (χ4n) is 2.75. The van der Waals surface area contributed by atoms with Gasteiger partial charge in [-0.1, -0.05) is 36.4 Å². The molecule has 132 valence electrons. The van der Waals surface area contributed by atoms with Crippen LogP contribution in [0.15, 0.2) is 60.7 Å². The fraction of sp³-hybridized carbons (Fsp3) is 0.190. The minimum Gasteiger partial charge on any atom is -0.346 e. The summed E-state index contributed by atoms with van der Waals surface area (Å²) in [6.07, 6.45) is 0. The molecule has 0 unspecified atom stereocenters. The molecule has 3 aromatic rings. The van der Waals surface area contributed by atoms with Crippen molar-refractivity contribution in [3.63, 3.8) is 0 Å². The van der Waals surface area contributed by atoms with Gasteiger partial charge in [0.05, 0.1) is 6.04 Å². The molecule has 2 N–H and O–H groups in total. The number of amides is 1. The van der Waals surface area contributed by atoms with Crippen molar-refractivity contribution in [2.45, 2.75) is 26.8 Å². The van der Waals surface area contributed by atoms with Gasteiger partial charge < -0.3 is 10.6 Å². The highest BCUT2D eigenvalue weighted by Gasteiger charge is 2.12. The van der Waals surface area contributed by atoms with Crippen LogP contribution in [-0.4, -0.2) is 15.9 Å². The van der Waals surface area contributed by atoms with Crippen molar-refractivity contribution in [1.82, 2.24) is 15.3 Å². The van der Waals surface area contributed by atoms with Crippen LogP contribution in [-0.2, 0) is 0 Å². The van der Waals surface area contributed by atoms with Crippen molar-refractivity contribution in [3.8, 4) is 0 Å². The average molecular weight is 346 g/mol. The molecule has 5 nitrogen and oxygen atoms in total. The molecule has 0 fully saturated rings. The van der Waals surface area contributed by atoms with Gasteiger partial charge in [-0.15, -0.1) is 0 Å². The predicted molar refractivity (Wildman–Crippen MR) is 104 cm³/mol. The third-order valence-electron chi connectivity index (χ3n) is 4.01. The number of anilines is 2. The van der Waals surface area contributed by atoms with Gasteiger partial charge in [-0.25, -0.2) is 9.97 Å². The van der Waals surface area contributed by atoms with Crippen LogP contribution in [0.5, 0.6) is 0 Å². The summed E-state index contributed by atoms with van der Waals surface area (Å²) in [6, 6.07) is 19.1. The summed E-state index contributed by atoms with van der Waals surface area (Å²) < 4.78 is 0. The second-order valence-electron chi connectivity index (χ2n) is 6.29. The second kappa shape index (κ2) is 7.78. The van der Waals surface area contributed by atoms with E-state index >= 15 is 0 Å². The molecule has 1 aromatic heterocycles. The normalized spacial score (nSPS) is 11.7. The van der Waals surface area contributed by atoms with Crippen LogP contribution in [0.1, 0.15) is 40.3 Å². The maximum absolute atomic E-state index is 12.6. The van der Waals surface area contributed by atoms with Crippen LogP contribution in [0.4, 0.5) is 11.6 Å². The second-order valence-corrected chi connectivity index (χ2v) is 6.29. The molecule has 0 radical (unpaired) electrons. The summed E-state index contributed by atoms with van der Waals surface area (Å²) >= 11 is 0. The quantitative estimate of drug-likeness (QED) is 0.722. The standard InChI is InChI=1S/C21H22N4O/c1-14-12-15(2)23-21(22-14)25-19-11-7-10-18(13-19)20(26)24-16(3)17-8-5-4-6-9-17/h4-13,16H,1-3H3,(H,24,26)(H,22,23,25)/t16-/m1/s1. The number of nitrogens with one attached hydrogen (secondary N) is 2. The lowest BCUT2D eigenvalue weighted by atomic mass is 10.1. The van der Waals surface area contributed by atoms with Crippen LogP contribution in [0.25, 0.3) is 0 Å². The lowest BCUT2D eigenvalue weighted by Gasteiger charge is -2.15. The lowest BCUT2D eigenvalue weighted by Crippen LogP contribution is -2.26. The van der Waals surface area contributed by atoms with Crippen LogP contribution < -0.4 is 10.6 Å². The van der Waals surface area contributed by atoms with Crippen LogP contribution in [0, 0.1) is 13.8 Å². The molecule has 0 aliphatic rings. The van der Waals surface area contributed by atoms with Gasteiger partial charge in [0.2, 0.25) is 5.95 Å². The number of aryl methyl sites for hydroxylation is 2. The van der Waals surface area contributed by atoms with Crippen LogP contribution in [0.3, 0.4) is 0 Å². The van der Waals surface area contributed by atoms with E-state index < -0.39 is 0 Å². The zero-order valence-corrected chi connectivity index (χ0v) is 15.2. The van der Waals surface area contributed by atoms with E-state index in [1.807, 2.05) is 69.3 Å². The molecule has 0 bridgehead atoms. The first kappa shape index (κ1) is 17.6. The third-order valence-corrected chi connectivity index (χ3v) is 4.01. The van der Waals surface area contributed by atoms with Crippen molar-refractivity contribution < 1.29 is 4.79 Å². The van der Waals surface area contributed by atoms with E-state index in [4.69, 9.17) is 0 Å². The van der Waals surface area contributed by atoms with Crippen LogP contribution >= 0.6 is 0 Å². The lowest BCUT2D eigenvalue weighted by molar-refractivity contribution is 0.0940. The number of nitrogens with zero attached hydrogens (tertiary/aromatic N) is 2. The first-order valence-electron chi connectivity index (χ1n) is 8.56. The molecule has 1 amide bonds. The van der Waals surface area contributed by atoms with Gasteiger partial charge in [-0.05, 0) is 50.6 Å². The summed E-state index contributed by atoms with van der Waals surface area (Å²) in [6.45, 7) is 5.82. The highest BCUT2D eigenvalue weighted by atomic mass is 16.1. The minimum absolute atomic E-state index is 0.0666. The fourth-order valence-corrected chi connectivity index (χ4v) is 2.75. The zero-order chi connectivity index (χ0) is 18.5. The minimum atomic E-state index is -0.119. The molecule has 0 aliphatic heterocycles.